The van der Waals surface area contributed by atoms with Gasteiger partial charge in [-0.15, -0.1) is 0 Å². The standard InChI is InChI=1S/C20H26N6O/c27-20(6-2-5-12-25-10-3-1-4-11-25)22-18-14-17(23-24-18)16-7-8-19-21-9-13-26(19)15-16/h7-9,13-15H,1-6,10-12H2,(H2,22,23,24,27). The summed E-state index contributed by atoms with van der Waals surface area (Å²) in [5.41, 5.74) is 2.76. The Morgan fingerprint density at radius 3 is 2.96 bits per heavy atom. The molecule has 1 fully saturated rings. The Morgan fingerprint density at radius 1 is 1.19 bits per heavy atom. The third-order valence-corrected chi connectivity index (χ3v) is 5.12. The number of fused-ring (bicyclic) bond motifs is 1. The number of likely N-dealkylation sites (tertiary alicyclic amines) is 1. The summed E-state index contributed by atoms with van der Waals surface area (Å²) < 4.78 is 1.96. The molecule has 2 N–H and O–H groups in total. The number of hydrogen-bond donors (Lipinski definition) is 2. The van der Waals surface area contributed by atoms with Gasteiger partial charge in [0.05, 0.1) is 5.69 Å². The zero-order chi connectivity index (χ0) is 18.5. The Bertz CT molecular complexity index is 893. The second kappa shape index (κ2) is 8.35. The Hall–Kier alpha value is -2.67. The number of piperidine rings is 1. The van der Waals surface area contributed by atoms with Gasteiger partial charge in [0.25, 0.3) is 0 Å². The van der Waals surface area contributed by atoms with Gasteiger partial charge < -0.3 is 14.6 Å². The number of unbranched alkanes of at least 4 members (excludes halogenated alkanes) is 1. The maximum atomic E-state index is 12.2. The van der Waals surface area contributed by atoms with E-state index in [1.165, 1.54) is 32.4 Å². The van der Waals surface area contributed by atoms with E-state index in [-0.39, 0.29) is 5.91 Å². The Labute approximate surface area is 158 Å². The molecule has 7 heteroatoms. The summed E-state index contributed by atoms with van der Waals surface area (Å²) in [5.74, 6) is 0.591. The number of aromatic nitrogens is 4. The average molecular weight is 366 g/mol. The molecule has 0 unspecified atom stereocenters. The van der Waals surface area contributed by atoms with E-state index in [1.54, 1.807) is 6.20 Å². The number of carbonyl (C=O) groups is 1. The first-order valence-corrected chi connectivity index (χ1v) is 9.79. The predicted octanol–water partition coefficient (Wildman–Crippen LogP) is 3.32. The fourth-order valence-corrected chi connectivity index (χ4v) is 3.62. The lowest BCUT2D eigenvalue weighted by atomic mass is 10.1. The first-order chi connectivity index (χ1) is 13.3. The number of imidazole rings is 1. The van der Waals surface area contributed by atoms with E-state index in [4.69, 9.17) is 0 Å². The van der Waals surface area contributed by atoms with Gasteiger partial charge in [-0.1, -0.05) is 6.42 Å². The maximum Gasteiger partial charge on any atom is 0.225 e. The maximum absolute atomic E-state index is 12.2. The number of rotatable bonds is 7. The summed E-state index contributed by atoms with van der Waals surface area (Å²) in [7, 11) is 0. The van der Waals surface area contributed by atoms with E-state index in [1.807, 2.05) is 35.0 Å². The van der Waals surface area contributed by atoms with E-state index in [0.717, 1.165) is 36.3 Å². The molecule has 0 bridgehead atoms. The monoisotopic (exact) mass is 366 g/mol. The number of pyridine rings is 1. The normalized spacial score (nSPS) is 15.3. The zero-order valence-electron chi connectivity index (χ0n) is 15.5. The van der Waals surface area contributed by atoms with Gasteiger partial charge in [0.2, 0.25) is 5.91 Å². The average Bonchev–Trinajstić information content (AvgIpc) is 3.34. The molecule has 7 nitrogen and oxygen atoms in total. The molecular weight excluding hydrogens is 340 g/mol. The highest BCUT2D eigenvalue weighted by atomic mass is 16.1. The van der Waals surface area contributed by atoms with Crippen molar-refractivity contribution < 1.29 is 4.79 Å². The molecule has 0 aromatic carbocycles. The van der Waals surface area contributed by atoms with E-state index >= 15 is 0 Å². The van der Waals surface area contributed by atoms with Crippen molar-refractivity contribution in [3.8, 4) is 11.3 Å². The quantitative estimate of drug-likeness (QED) is 0.629. The molecule has 1 amide bonds. The van der Waals surface area contributed by atoms with Gasteiger partial charge >= 0.3 is 0 Å². The summed E-state index contributed by atoms with van der Waals surface area (Å²) in [6, 6.07) is 5.81. The predicted molar refractivity (Wildman–Crippen MR) is 106 cm³/mol. The van der Waals surface area contributed by atoms with E-state index < -0.39 is 0 Å². The molecule has 3 aromatic rings. The number of nitrogens with one attached hydrogen (secondary N) is 2. The first kappa shape index (κ1) is 17.7. The lowest BCUT2D eigenvalue weighted by molar-refractivity contribution is -0.116. The van der Waals surface area contributed by atoms with Crippen LogP contribution in [-0.2, 0) is 4.79 Å². The van der Waals surface area contributed by atoms with Gasteiger partial charge in [0.1, 0.15) is 5.65 Å². The third-order valence-electron chi connectivity index (χ3n) is 5.12. The highest BCUT2D eigenvalue weighted by Crippen LogP contribution is 2.20. The summed E-state index contributed by atoms with van der Waals surface area (Å²) in [5, 5.41) is 10.1. The smallest absolute Gasteiger partial charge is 0.225 e. The van der Waals surface area contributed by atoms with Gasteiger partial charge in [-0.2, -0.15) is 5.10 Å². The molecule has 4 heterocycles. The number of hydrogen-bond acceptors (Lipinski definition) is 4. The lowest BCUT2D eigenvalue weighted by Crippen LogP contribution is -2.30. The minimum absolute atomic E-state index is 0.0248. The molecule has 0 radical (unpaired) electrons. The van der Waals surface area contributed by atoms with Crippen LogP contribution in [0.2, 0.25) is 0 Å². The van der Waals surface area contributed by atoms with Crippen LogP contribution in [0.15, 0.2) is 36.8 Å². The van der Waals surface area contributed by atoms with Crippen LogP contribution in [-0.4, -0.2) is 50.0 Å². The van der Waals surface area contributed by atoms with Crippen molar-refractivity contribution in [3.63, 3.8) is 0 Å². The molecule has 4 rings (SSSR count). The topological polar surface area (TPSA) is 78.3 Å². The minimum atomic E-state index is 0.0248. The lowest BCUT2D eigenvalue weighted by Gasteiger charge is -2.26. The molecule has 1 aliphatic heterocycles. The van der Waals surface area contributed by atoms with Crippen LogP contribution in [0.4, 0.5) is 5.82 Å². The van der Waals surface area contributed by atoms with Crippen molar-refractivity contribution in [3.05, 3.63) is 36.8 Å². The van der Waals surface area contributed by atoms with Gasteiger partial charge in [-0.05, 0) is 57.5 Å². The number of nitrogens with zero attached hydrogens (tertiary/aromatic N) is 4. The summed E-state index contributed by atoms with van der Waals surface area (Å²) in [6.07, 6.45) is 12.2. The largest absolute Gasteiger partial charge is 0.309 e. The summed E-state index contributed by atoms with van der Waals surface area (Å²) in [6.45, 7) is 3.54. The van der Waals surface area contributed by atoms with E-state index in [0.29, 0.717) is 12.2 Å². The molecule has 0 spiro atoms. The number of aromatic amines is 1. The zero-order valence-corrected chi connectivity index (χ0v) is 15.5. The SMILES string of the molecule is O=C(CCCCN1CCCCC1)Nc1cc(-c2ccc3nccn3c2)[nH]n1. The molecule has 1 aliphatic rings. The third kappa shape index (κ3) is 4.54. The van der Waals surface area contributed by atoms with E-state index in [9.17, 15) is 4.79 Å². The highest BCUT2D eigenvalue weighted by molar-refractivity contribution is 5.90. The van der Waals surface area contributed by atoms with Crippen molar-refractivity contribution in [2.75, 3.05) is 25.0 Å². The minimum Gasteiger partial charge on any atom is -0.309 e. The Morgan fingerprint density at radius 2 is 2.07 bits per heavy atom. The molecule has 1 saturated heterocycles. The Kier molecular flexibility index (Phi) is 5.48. The van der Waals surface area contributed by atoms with Crippen LogP contribution in [0.1, 0.15) is 38.5 Å². The number of amides is 1. The number of H-pyrrole nitrogens is 1. The molecule has 0 saturated carbocycles. The summed E-state index contributed by atoms with van der Waals surface area (Å²) >= 11 is 0. The van der Waals surface area contributed by atoms with Crippen LogP contribution in [0, 0.1) is 0 Å². The molecule has 142 valence electrons. The second-order valence-corrected chi connectivity index (χ2v) is 7.18. The van der Waals surface area contributed by atoms with Crippen molar-refractivity contribution in [2.45, 2.75) is 38.5 Å². The molecular formula is C20H26N6O. The van der Waals surface area contributed by atoms with Crippen LogP contribution in [0.5, 0.6) is 0 Å². The van der Waals surface area contributed by atoms with Crippen molar-refractivity contribution in [1.29, 1.82) is 0 Å². The fraction of sp³-hybridized carbons (Fsp3) is 0.450. The second-order valence-electron chi connectivity index (χ2n) is 7.18. The molecule has 3 aromatic heterocycles. The van der Waals surface area contributed by atoms with Gasteiger partial charge in [0.15, 0.2) is 5.82 Å². The van der Waals surface area contributed by atoms with Crippen LogP contribution in [0.3, 0.4) is 0 Å². The van der Waals surface area contributed by atoms with Crippen molar-refractivity contribution in [1.82, 2.24) is 24.5 Å². The molecule has 0 aliphatic carbocycles. The van der Waals surface area contributed by atoms with E-state index in [2.05, 4.69) is 25.4 Å². The van der Waals surface area contributed by atoms with Crippen LogP contribution < -0.4 is 5.32 Å². The van der Waals surface area contributed by atoms with Gasteiger partial charge in [-0.25, -0.2) is 4.98 Å². The summed E-state index contributed by atoms with van der Waals surface area (Å²) in [4.78, 5) is 18.9. The van der Waals surface area contributed by atoms with Gasteiger partial charge in [0, 0.05) is 36.6 Å². The molecule has 0 atom stereocenters. The molecule has 27 heavy (non-hydrogen) atoms. The Balaban J connectivity index is 1.25. The highest BCUT2D eigenvalue weighted by Gasteiger charge is 2.11. The van der Waals surface area contributed by atoms with Crippen molar-refractivity contribution in [2.24, 2.45) is 0 Å². The number of anilines is 1. The number of carbonyl (C=O) groups excluding carboxylic acids is 1. The van der Waals surface area contributed by atoms with Crippen LogP contribution in [0.25, 0.3) is 16.9 Å². The fourth-order valence-electron chi connectivity index (χ4n) is 3.62. The van der Waals surface area contributed by atoms with Crippen molar-refractivity contribution >= 4 is 17.4 Å². The van der Waals surface area contributed by atoms with Gasteiger partial charge in [-0.3, -0.25) is 9.89 Å². The first-order valence-electron chi connectivity index (χ1n) is 9.79. The van der Waals surface area contributed by atoms with Crippen LogP contribution >= 0.6 is 0 Å².